The van der Waals surface area contributed by atoms with Crippen LogP contribution < -0.4 is 5.73 Å². The molecular formula is C9H12IN3. The summed E-state index contributed by atoms with van der Waals surface area (Å²) in [6, 6.07) is 0. The number of allylic oxidation sites excluding steroid dienone is 2. The Morgan fingerprint density at radius 3 is 2.69 bits per heavy atom. The molecule has 1 heterocycles. The second-order valence-electron chi connectivity index (χ2n) is 2.80. The van der Waals surface area contributed by atoms with Crippen molar-refractivity contribution < 1.29 is 0 Å². The van der Waals surface area contributed by atoms with Crippen molar-refractivity contribution in [2.45, 2.75) is 13.8 Å². The third-order valence-corrected chi connectivity index (χ3v) is 2.94. The van der Waals surface area contributed by atoms with Crippen molar-refractivity contribution in [2.24, 2.45) is 0 Å². The first-order valence-corrected chi connectivity index (χ1v) is 4.84. The molecule has 0 amide bonds. The molecule has 1 rings (SSSR count). The van der Waals surface area contributed by atoms with E-state index in [1.165, 1.54) is 0 Å². The van der Waals surface area contributed by atoms with Gasteiger partial charge in [-0.1, -0.05) is 12.7 Å². The minimum Gasteiger partial charge on any atom is -0.382 e. The van der Waals surface area contributed by atoms with Gasteiger partial charge < -0.3 is 5.73 Å². The van der Waals surface area contributed by atoms with Crippen LogP contribution in [0.3, 0.4) is 0 Å². The zero-order valence-corrected chi connectivity index (χ0v) is 9.87. The molecule has 4 heteroatoms. The molecule has 1 aromatic rings. The number of halogens is 1. The average molecular weight is 289 g/mol. The summed E-state index contributed by atoms with van der Waals surface area (Å²) in [6.45, 7) is 7.58. The molecular weight excluding hydrogens is 277 g/mol. The molecule has 0 radical (unpaired) electrons. The standard InChI is InChI=1S/C9H12IN3/c1-4-6(2)5-8-9(11)12-7(3)13(8)10/h4-5H,1,11H2,2-3H3/b6-5-. The highest BCUT2D eigenvalue weighted by molar-refractivity contribution is 14.1. The quantitative estimate of drug-likeness (QED) is 0.671. The summed E-state index contributed by atoms with van der Waals surface area (Å²) >= 11 is 2.17. The second kappa shape index (κ2) is 3.95. The summed E-state index contributed by atoms with van der Waals surface area (Å²) in [5.41, 5.74) is 7.73. The lowest BCUT2D eigenvalue weighted by atomic mass is 10.2. The number of nitrogen functional groups attached to an aromatic ring is 1. The molecule has 0 aliphatic rings. The van der Waals surface area contributed by atoms with Crippen molar-refractivity contribution in [3.05, 3.63) is 29.7 Å². The Hall–Kier alpha value is -0.780. The second-order valence-corrected chi connectivity index (χ2v) is 3.77. The molecule has 0 spiro atoms. The zero-order valence-electron chi connectivity index (χ0n) is 7.71. The predicted molar refractivity (Wildman–Crippen MR) is 64.6 cm³/mol. The molecule has 0 aliphatic heterocycles. The summed E-state index contributed by atoms with van der Waals surface area (Å²) in [5.74, 6) is 1.47. The van der Waals surface area contributed by atoms with Crippen LogP contribution in [0, 0.1) is 6.92 Å². The number of imidazole rings is 1. The summed E-state index contributed by atoms with van der Waals surface area (Å²) < 4.78 is 1.93. The van der Waals surface area contributed by atoms with E-state index < -0.39 is 0 Å². The van der Waals surface area contributed by atoms with Crippen molar-refractivity contribution in [1.29, 1.82) is 0 Å². The van der Waals surface area contributed by atoms with Gasteiger partial charge in [0.15, 0.2) is 0 Å². The lowest BCUT2D eigenvalue weighted by Crippen LogP contribution is -1.90. The Morgan fingerprint density at radius 1 is 1.69 bits per heavy atom. The normalized spacial score (nSPS) is 11.8. The predicted octanol–water partition coefficient (Wildman–Crippen LogP) is 2.56. The van der Waals surface area contributed by atoms with Gasteiger partial charge in [-0.2, -0.15) is 0 Å². The topological polar surface area (TPSA) is 43.8 Å². The number of aryl methyl sites for hydroxylation is 1. The highest BCUT2D eigenvalue weighted by Crippen LogP contribution is 2.19. The van der Waals surface area contributed by atoms with E-state index in [-0.39, 0.29) is 0 Å². The molecule has 0 aromatic carbocycles. The van der Waals surface area contributed by atoms with Crippen LogP contribution in [0.25, 0.3) is 6.08 Å². The lowest BCUT2D eigenvalue weighted by molar-refractivity contribution is 1.12. The molecule has 0 fully saturated rings. The van der Waals surface area contributed by atoms with E-state index in [2.05, 4.69) is 34.4 Å². The van der Waals surface area contributed by atoms with Crippen molar-refractivity contribution in [1.82, 2.24) is 7.76 Å². The zero-order chi connectivity index (χ0) is 10.0. The first kappa shape index (κ1) is 10.3. The van der Waals surface area contributed by atoms with E-state index in [1.54, 1.807) is 6.08 Å². The molecule has 0 atom stereocenters. The molecule has 70 valence electrons. The number of hydrogen-bond acceptors (Lipinski definition) is 2. The Kier molecular flexibility index (Phi) is 3.13. The van der Waals surface area contributed by atoms with Crippen LogP contribution in [0.2, 0.25) is 0 Å². The Labute approximate surface area is 91.8 Å². The Balaban J connectivity index is 3.21. The molecule has 0 unspecified atom stereocenters. The van der Waals surface area contributed by atoms with Crippen molar-refractivity contribution in [3.8, 4) is 0 Å². The number of nitrogens with two attached hydrogens (primary N) is 1. The van der Waals surface area contributed by atoms with E-state index in [9.17, 15) is 0 Å². The molecule has 0 bridgehead atoms. The minimum atomic E-state index is 0.563. The van der Waals surface area contributed by atoms with Gasteiger partial charge >= 0.3 is 0 Å². The van der Waals surface area contributed by atoms with E-state index in [4.69, 9.17) is 5.73 Å². The smallest absolute Gasteiger partial charge is 0.150 e. The van der Waals surface area contributed by atoms with Gasteiger partial charge in [-0.15, -0.1) is 0 Å². The third kappa shape index (κ3) is 2.12. The number of nitrogens with zero attached hydrogens (tertiary/aromatic N) is 2. The van der Waals surface area contributed by atoms with Crippen molar-refractivity contribution in [3.63, 3.8) is 0 Å². The largest absolute Gasteiger partial charge is 0.382 e. The number of hydrogen-bond donors (Lipinski definition) is 1. The van der Waals surface area contributed by atoms with Crippen LogP contribution in [-0.2, 0) is 0 Å². The third-order valence-electron chi connectivity index (χ3n) is 1.73. The molecule has 0 aliphatic carbocycles. The van der Waals surface area contributed by atoms with Gasteiger partial charge in [0, 0.05) is 0 Å². The van der Waals surface area contributed by atoms with Crippen LogP contribution in [-0.4, -0.2) is 7.76 Å². The summed E-state index contributed by atoms with van der Waals surface area (Å²) in [4.78, 5) is 4.15. The monoisotopic (exact) mass is 289 g/mol. The van der Waals surface area contributed by atoms with Crippen molar-refractivity contribution in [2.75, 3.05) is 5.73 Å². The number of anilines is 1. The van der Waals surface area contributed by atoms with Crippen LogP contribution in [0.4, 0.5) is 5.82 Å². The highest BCUT2D eigenvalue weighted by Gasteiger charge is 2.07. The van der Waals surface area contributed by atoms with Gasteiger partial charge in [-0.05, 0) is 25.5 Å². The summed E-state index contributed by atoms with van der Waals surface area (Å²) in [6.07, 6.45) is 3.76. The van der Waals surface area contributed by atoms with E-state index >= 15 is 0 Å². The van der Waals surface area contributed by atoms with Crippen LogP contribution >= 0.6 is 22.9 Å². The summed E-state index contributed by atoms with van der Waals surface area (Å²) in [5, 5.41) is 0. The van der Waals surface area contributed by atoms with E-state index in [0.29, 0.717) is 5.82 Å². The number of rotatable bonds is 2. The first-order valence-electron chi connectivity index (χ1n) is 3.88. The maximum absolute atomic E-state index is 5.73. The van der Waals surface area contributed by atoms with Gasteiger partial charge in [0.05, 0.1) is 28.6 Å². The Morgan fingerprint density at radius 2 is 2.31 bits per heavy atom. The van der Waals surface area contributed by atoms with E-state index in [0.717, 1.165) is 17.1 Å². The molecule has 0 saturated heterocycles. The number of aromatic nitrogens is 2. The first-order chi connectivity index (χ1) is 6.06. The lowest BCUT2D eigenvalue weighted by Gasteiger charge is -1.97. The molecule has 3 nitrogen and oxygen atoms in total. The maximum atomic E-state index is 5.73. The van der Waals surface area contributed by atoms with Gasteiger partial charge in [-0.25, -0.2) is 4.98 Å². The maximum Gasteiger partial charge on any atom is 0.150 e. The van der Waals surface area contributed by atoms with Gasteiger partial charge in [-0.3, -0.25) is 2.78 Å². The van der Waals surface area contributed by atoms with E-state index in [1.807, 2.05) is 22.7 Å². The fraction of sp³-hybridized carbons (Fsp3) is 0.222. The van der Waals surface area contributed by atoms with Gasteiger partial charge in [0.1, 0.15) is 11.6 Å². The van der Waals surface area contributed by atoms with Crippen LogP contribution in [0.15, 0.2) is 18.2 Å². The average Bonchev–Trinajstić information content (AvgIpc) is 2.32. The van der Waals surface area contributed by atoms with Crippen LogP contribution in [0.1, 0.15) is 18.4 Å². The van der Waals surface area contributed by atoms with Gasteiger partial charge in [0.2, 0.25) is 0 Å². The van der Waals surface area contributed by atoms with Crippen molar-refractivity contribution >= 4 is 34.8 Å². The van der Waals surface area contributed by atoms with Gasteiger partial charge in [0.25, 0.3) is 0 Å². The SMILES string of the molecule is C=C/C(C)=C\c1c(N)nc(C)n1I. The molecule has 13 heavy (non-hydrogen) atoms. The summed E-state index contributed by atoms with van der Waals surface area (Å²) in [7, 11) is 0. The molecule has 0 saturated carbocycles. The molecule has 2 N–H and O–H groups in total. The highest BCUT2D eigenvalue weighted by atomic mass is 127. The Bertz CT molecular complexity index is 363. The fourth-order valence-corrected chi connectivity index (χ4v) is 1.45. The fourth-order valence-electron chi connectivity index (χ4n) is 0.956. The molecule has 1 aromatic heterocycles. The minimum absolute atomic E-state index is 0.563. The van der Waals surface area contributed by atoms with Crippen LogP contribution in [0.5, 0.6) is 0 Å².